The first-order chi connectivity index (χ1) is 22.7. The smallest absolute Gasteiger partial charge is 0.164 e. The lowest BCUT2D eigenvalue weighted by Gasteiger charge is -2.39. The molecule has 3 heteroatoms. The van der Waals surface area contributed by atoms with Crippen molar-refractivity contribution in [3.8, 4) is 33.9 Å². The Morgan fingerprint density at radius 1 is 0.500 bits per heavy atom. The van der Waals surface area contributed by atoms with Gasteiger partial charge in [0, 0.05) is 22.1 Å². The summed E-state index contributed by atoms with van der Waals surface area (Å²) in [6.07, 6.45) is 21.7. The van der Waals surface area contributed by atoms with Crippen LogP contribution in [0.2, 0.25) is 0 Å². The van der Waals surface area contributed by atoms with E-state index in [0.717, 1.165) is 54.0 Å². The van der Waals surface area contributed by atoms with Crippen molar-refractivity contribution in [2.24, 2.45) is 0 Å². The quantitative estimate of drug-likeness (QED) is 0.195. The number of aromatic nitrogens is 3. The molecule has 3 nitrogen and oxygen atoms in total. The first kappa shape index (κ1) is 28.6. The topological polar surface area (TPSA) is 38.7 Å². The minimum atomic E-state index is 0.0189. The van der Waals surface area contributed by atoms with Crippen molar-refractivity contribution in [2.75, 3.05) is 0 Å². The molecule has 0 N–H and O–H groups in total. The zero-order valence-corrected chi connectivity index (χ0v) is 26.3. The highest BCUT2D eigenvalue weighted by molar-refractivity contribution is 5.74. The maximum atomic E-state index is 4.99. The molecule has 5 aromatic rings. The minimum Gasteiger partial charge on any atom is -0.208 e. The molecule has 0 saturated heterocycles. The molecule has 226 valence electrons. The van der Waals surface area contributed by atoms with E-state index in [2.05, 4.69) is 109 Å². The molecular formula is C43H39N3. The molecule has 0 aliphatic heterocycles. The number of nitrogens with zero attached hydrogens (tertiary/aromatic N) is 3. The third-order valence-electron chi connectivity index (χ3n) is 10.1. The lowest BCUT2D eigenvalue weighted by atomic mass is 9.65. The molecule has 1 fully saturated rings. The molecular weight excluding hydrogens is 558 g/mol. The van der Waals surface area contributed by atoms with E-state index in [1.54, 1.807) is 0 Å². The van der Waals surface area contributed by atoms with E-state index >= 15 is 0 Å². The van der Waals surface area contributed by atoms with Crippen molar-refractivity contribution < 1.29 is 0 Å². The maximum Gasteiger partial charge on any atom is 0.164 e. The van der Waals surface area contributed by atoms with Crippen LogP contribution in [0.4, 0.5) is 0 Å². The molecule has 1 heterocycles. The zero-order valence-electron chi connectivity index (χ0n) is 26.3. The number of aryl methyl sites for hydroxylation is 1. The summed E-state index contributed by atoms with van der Waals surface area (Å²) in [7, 11) is 0. The summed E-state index contributed by atoms with van der Waals surface area (Å²) in [4.78, 5) is 14.9. The second-order valence-corrected chi connectivity index (χ2v) is 13.0. The summed E-state index contributed by atoms with van der Waals surface area (Å²) in [5, 5.41) is 0. The molecule has 0 unspecified atom stereocenters. The highest BCUT2D eigenvalue weighted by Gasteiger charge is 2.35. The fourth-order valence-corrected chi connectivity index (χ4v) is 7.56. The molecule has 1 aromatic heterocycles. The second-order valence-electron chi connectivity index (χ2n) is 13.0. The van der Waals surface area contributed by atoms with Crippen molar-refractivity contribution >= 4 is 11.6 Å². The van der Waals surface area contributed by atoms with Gasteiger partial charge in [-0.15, -0.1) is 0 Å². The standard InChI is InChI=1S/C43H39N3/c1-4-13-33(14-5-1)40-44-41(34-15-6-2-7-16-34)46-42(45-40)35-22-26-39(27-23-35)43(28-10-3-11-29-43)38-24-20-32(21-25-38)37-19-18-31-12-8-9-17-36(31)30-37/h1,4-6,9,13-27,30H,2-3,7-8,10-12,28-29H2. The van der Waals surface area contributed by atoms with Crippen LogP contribution in [0.1, 0.15) is 79.4 Å². The summed E-state index contributed by atoms with van der Waals surface area (Å²) < 4.78 is 0. The van der Waals surface area contributed by atoms with Gasteiger partial charge in [-0.3, -0.25) is 0 Å². The summed E-state index contributed by atoms with van der Waals surface area (Å²) >= 11 is 0. The molecule has 0 radical (unpaired) electrons. The Kier molecular flexibility index (Phi) is 7.75. The number of allylic oxidation sites excluding steroid dienone is 5. The largest absolute Gasteiger partial charge is 0.208 e. The first-order valence-corrected chi connectivity index (χ1v) is 17.0. The van der Waals surface area contributed by atoms with Crippen molar-refractivity contribution in [1.82, 2.24) is 15.0 Å². The van der Waals surface area contributed by atoms with Crippen molar-refractivity contribution in [3.63, 3.8) is 0 Å². The maximum absolute atomic E-state index is 4.99. The predicted molar refractivity (Wildman–Crippen MR) is 190 cm³/mol. The van der Waals surface area contributed by atoms with Crippen LogP contribution < -0.4 is 0 Å². The average molecular weight is 598 g/mol. The highest BCUT2D eigenvalue weighted by Crippen LogP contribution is 2.45. The van der Waals surface area contributed by atoms with Crippen LogP contribution in [0.15, 0.2) is 121 Å². The molecule has 46 heavy (non-hydrogen) atoms. The lowest BCUT2D eigenvalue weighted by Crippen LogP contribution is -2.30. The van der Waals surface area contributed by atoms with Gasteiger partial charge in [-0.05, 0) is 78.0 Å². The molecule has 0 bridgehead atoms. The van der Waals surface area contributed by atoms with Gasteiger partial charge >= 0.3 is 0 Å². The lowest BCUT2D eigenvalue weighted by molar-refractivity contribution is 0.346. The average Bonchev–Trinajstić information content (AvgIpc) is 3.15. The number of fused-ring (bicyclic) bond motifs is 1. The van der Waals surface area contributed by atoms with E-state index in [4.69, 9.17) is 15.0 Å². The first-order valence-electron chi connectivity index (χ1n) is 17.0. The molecule has 4 aromatic carbocycles. The molecule has 0 spiro atoms. The number of hydrogen-bond acceptors (Lipinski definition) is 3. The van der Waals surface area contributed by atoms with E-state index < -0.39 is 0 Å². The second kappa shape index (κ2) is 12.5. The van der Waals surface area contributed by atoms with Gasteiger partial charge in [0.15, 0.2) is 17.5 Å². The number of hydrogen-bond donors (Lipinski definition) is 0. The van der Waals surface area contributed by atoms with Gasteiger partial charge in [0.1, 0.15) is 0 Å². The fraction of sp³-hybridized carbons (Fsp3) is 0.233. The zero-order chi connectivity index (χ0) is 30.8. The van der Waals surface area contributed by atoms with Gasteiger partial charge in [0.05, 0.1) is 0 Å². The molecule has 1 saturated carbocycles. The third-order valence-corrected chi connectivity index (χ3v) is 10.1. The van der Waals surface area contributed by atoms with E-state index in [1.165, 1.54) is 65.5 Å². The van der Waals surface area contributed by atoms with Crippen LogP contribution in [0.3, 0.4) is 0 Å². The van der Waals surface area contributed by atoms with Gasteiger partial charge in [0.2, 0.25) is 0 Å². The monoisotopic (exact) mass is 597 g/mol. The minimum absolute atomic E-state index is 0.0189. The molecule has 0 amide bonds. The van der Waals surface area contributed by atoms with E-state index in [0.29, 0.717) is 5.82 Å². The van der Waals surface area contributed by atoms with Crippen LogP contribution in [0.25, 0.3) is 45.6 Å². The highest BCUT2D eigenvalue weighted by atomic mass is 15.0. The van der Waals surface area contributed by atoms with Crippen molar-refractivity contribution in [3.05, 3.63) is 149 Å². The summed E-state index contributed by atoms with van der Waals surface area (Å²) in [5.74, 6) is 2.17. The SMILES string of the molecule is C1=CC(c2nc(-c3ccccc3)nc(-c3ccc(C4(c5ccc(-c6ccc7c(c6)C=CCC7)cc5)CCCCC4)cc3)n2)=CCC1. The third kappa shape index (κ3) is 5.56. The Morgan fingerprint density at radius 3 is 1.83 bits per heavy atom. The Hall–Kier alpha value is -4.89. The van der Waals surface area contributed by atoms with Gasteiger partial charge in [-0.1, -0.05) is 141 Å². The Balaban J connectivity index is 1.13. The van der Waals surface area contributed by atoms with E-state index in [9.17, 15) is 0 Å². The molecule has 3 aliphatic carbocycles. The molecule has 8 rings (SSSR count). The van der Waals surface area contributed by atoms with Gasteiger partial charge in [-0.2, -0.15) is 0 Å². The number of benzene rings is 4. The Labute approximate surface area is 272 Å². The van der Waals surface area contributed by atoms with Gasteiger partial charge in [0.25, 0.3) is 0 Å². The Morgan fingerprint density at radius 2 is 1.13 bits per heavy atom. The van der Waals surface area contributed by atoms with Gasteiger partial charge < -0.3 is 0 Å². The van der Waals surface area contributed by atoms with Crippen LogP contribution in [0, 0.1) is 0 Å². The van der Waals surface area contributed by atoms with Crippen molar-refractivity contribution in [2.45, 2.75) is 63.2 Å². The van der Waals surface area contributed by atoms with Crippen LogP contribution >= 0.6 is 0 Å². The van der Waals surface area contributed by atoms with E-state index in [-0.39, 0.29) is 5.41 Å². The van der Waals surface area contributed by atoms with Crippen LogP contribution in [-0.4, -0.2) is 15.0 Å². The summed E-state index contributed by atoms with van der Waals surface area (Å²) in [5.41, 5.74) is 11.3. The number of rotatable bonds is 6. The van der Waals surface area contributed by atoms with E-state index in [1.807, 2.05) is 18.2 Å². The van der Waals surface area contributed by atoms with Crippen LogP contribution in [0.5, 0.6) is 0 Å². The molecule has 0 atom stereocenters. The van der Waals surface area contributed by atoms with Gasteiger partial charge in [-0.25, -0.2) is 15.0 Å². The summed E-state index contributed by atoms with van der Waals surface area (Å²) in [6, 6.07) is 35.7. The van der Waals surface area contributed by atoms with Crippen molar-refractivity contribution in [1.29, 1.82) is 0 Å². The Bertz CT molecular complexity index is 1940. The summed E-state index contributed by atoms with van der Waals surface area (Å²) in [6.45, 7) is 0. The van der Waals surface area contributed by atoms with Crippen LogP contribution in [-0.2, 0) is 11.8 Å². The predicted octanol–water partition coefficient (Wildman–Crippen LogP) is 10.8. The molecule has 3 aliphatic rings. The fourth-order valence-electron chi connectivity index (χ4n) is 7.56. The normalized spacial score (nSPS) is 16.9.